The lowest BCUT2D eigenvalue weighted by atomic mass is 9.80. The number of halogens is 1. The van der Waals surface area contributed by atoms with E-state index in [1.54, 1.807) is 18.2 Å². The highest BCUT2D eigenvalue weighted by molar-refractivity contribution is 9.10. The molecule has 1 fully saturated rings. The van der Waals surface area contributed by atoms with E-state index in [2.05, 4.69) is 34.5 Å². The fraction of sp³-hybridized carbons (Fsp3) is 0.571. The average Bonchev–Trinajstić information content (AvgIpc) is 2.33. The molecule has 0 saturated heterocycles. The van der Waals surface area contributed by atoms with Crippen molar-refractivity contribution in [2.45, 2.75) is 44.0 Å². The minimum absolute atomic E-state index is 0.0494. The van der Waals surface area contributed by atoms with Crippen molar-refractivity contribution < 1.29 is 8.42 Å². The summed E-state index contributed by atoms with van der Waals surface area (Å²) in [5.41, 5.74) is 0. The van der Waals surface area contributed by atoms with E-state index in [-0.39, 0.29) is 6.04 Å². The number of sulfonamides is 1. The Labute approximate surface area is 124 Å². The van der Waals surface area contributed by atoms with E-state index in [1.807, 2.05) is 6.07 Å². The van der Waals surface area contributed by atoms with Crippen molar-refractivity contribution in [3.63, 3.8) is 0 Å². The molecule has 0 bridgehead atoms. The summed E-state index contributed by atoms with van der Waals surface area (Å²) in [6.07, 6.45) is 3.10. The van der Waals surface area contributed by atoms with E-state index < -0.39 is 10.0 Å². The maximum atomic E-state index is 12.4. The standard InChI is InChI=1S/C14H20BrNO2S/c1-10-7-8-13(11(2)9-10)16-19(17,18)14-6-4-3-5-12(14)15/h3-6,10-11,13,16H,7-9H2,1-2H3. The highest BCUT2D eigenvalue weighted by Gasteiger charge is 2.29. The third-order valence-corrected chi connectivity index (χ3v) is 6.37. The molecular weight excluding hydrogens is 326 g/mol. The fourth-order valence-electron chi connectivity index (χ4n) is 2.77. The predicted molar refractivity (Wildman–Crippen MR) is 80.4 cm³/mol. The quantitative estimate of drug-likeness (QED) is 0.910. The molecule has 5 heteroatoms. The molecule has 0 aromatic heterocycles. The van der Waals surface area contributed by atoms with Gasteiger partial charge in [0.05, 0.1) is 4.90 Å². The monoisotopic (exact) mass is 345 g/mol. The second-order valence-electron chi connectivity index (χ2n) is 5.55. The molecule has 1 aliphatic rings. The second-order valence-corrected chi connectivity index (χ2v) is 8.09. The van der Waals surface area contributed by atoms with Crippen LogP contribution in [0.3, 0.4) is 0 Å². The van der Waals surface area contributed by atoms with Crippen LogP contribution in [0.5, 0.6) is 0 Å². The van der Waals surface area contributed by atoms with Crippen LogP contribution in [0.4, 0.5) is 0 Å². The number of hydrogen-bond donors (Lipinski definition) is 1. The summed E-state index contributed by atoms with van der Waals surface area (Å²) in [4.78, 5) is 0.320. The summed E-state index contributed by atoms with van der Waals surface area (Å²) in [5.74, 6) is 1.08. The summed E-state index contributed by atoms with van der Waals surface area (Å²) in [5, 5.41) is 0. The zero-order valence-corrected chi connectivity index (χ0v) is 13.7. The topological polar surface area (TPSA) is 46.2 Å². The van der Waals surface area contributed by atoms with Gasteiger partial charge in [-0.2, -0.15) is 0 Å². The van der Waals surface area contributed by atoms with Crippen LogP contribution in [0.2, 0.25) is 0 Å². The van der Waals surface area contributed by atoms with Crippen LogP contribution in [-0.4, -0.2) is 14.5 Å². The Morgan fingerprint density at radius 2 is 1.89 bits per heavy atom. The van der Waals surface area contributed by atoms with Crippen molar-refractivity contribution >= 4 is 26.0 Å². The summed E-state index contributed by atoms with van der Waals surface area (Å²) >= 11 is 3.30. The molecule has 1 aliphatic carbocycles. The number of benzene rings is 1. The Kier molecular flexibility index (Phi) is 4.69. The molecule has 2 rings (SSSR count). The molecule has 1 aromatic rings. The maximum absolute atomic E-state index is 12.4. The molecule has 0 heterocycles. The highest BCUT2D eigenvalue weighted by Crippen LogP contribution is 2.30. The van der Waals surface area contributed by atoms with Gasteiger partial charge in [0, 0.05) is 10.5 Å². The third kappa shape index (κ3) is 3.58. The first-order valence-corrected chi connectivity index (χ1v) is 8.94. The number of hydrogen-bond acceptors (Lipinski definition) is 2. The molecule has 3 atom stereocenters. The molecule has 1 aromatic carbocycles. The normalized spacial score (nSPS) is 28.3. The average molecular weight is 346 g/mol. The van der Waals surface area contributed by atoms with E-state index in [9.17, 15) is 8.42 Å². The molecule has 0 amide bonds. The van der Waals surface area contributed by atoms with Gasteiger partial charge < -0.3 is 0 Å². The summed E-state index contributed by atoms with van der Waals surface area (Å²) in [7, 11) is -3.44. The van der Waals surface area contributed by atoms with Gasteiger partial charge in [-0.1, -0.05) is 26.0 Å². The molecule has 106 valence electrons. The first-order valence-electron chi connectivity index (χ1n) is 6.67. The summed E-state index contributed by atoms with van der Waals surface area (Å²) in [6.45, 7) is 4.36. The van der Waals surface area contributed by atoms with Crippen LogP contribution in [0.15, 0.2) is 33.6 Å². The van der Waals surface area contributed by atoms with Gasteiger partial charge in [0.2, 0.25) is 10.0 Å². The SMILES string of the molecule is CC1CCC(NS(=O)(=O)c2ccccc2Br)C(C)C1. The van der Waals surface area contributed by atoms with Crippen molar-refractivity contribution in [3.05, 3.63) is 28.7 Å². The van der Waals surface area contributed by atoms with Crippen molar-refractivity contribution in [3.8, 4) is 0 Å². The molecule has 3 unspecified atom stereocenters. The van der Waals surface area contributed by atoms with Gasteiger partial charge >= 0.3 is 0 Å². The zero-order chi connectivity index (χ0) is 14.0. The van der Waals surface area contributed by atoms with E-state index in [1.165, 1.54) is 0 Å². The predicted octanol–water partition coefficient (Wildman–Crippen LogP) is 3.55. The van der Waals surface area contributed by atoms with Gasteiger partial charge in [-0.3, -0.25) is 0 Å². The van der Waals surface area contributed by atoms with Gasteiger partial charge in [-0.25, -0.2) is 13.1 Å². The van der Waals surface area contributed by atoms with E-state index in [0.29, 0.717) is 21.2 Å². The van der Waals surface area contributed by atoms with Crippen LogP contribution in [-0.2, 0) is 10.0 Å². The third-order valence-electron chi connectivity index (χ3n) is 3.86. The number of nitrogens with one attached hydrogen (secondary N) is 1. The smallest absolute Gasteiger partial charge is 0.208 e. The molecule has 0 aliphatic heterocycles. The van der Waals surface area contributed by atoms with Gasteiger partial charge in [-0.15, -0.1) is 0 Å². The number of rotatable bonds is 3. The van der Waals surface area contributed by atoms with Crippen LogP contribution in [0, 0.1) is 11.8 Å². The van der Waals surface area contributed by atoms with Crippen LogP contribution < -0.4 is 4.72 Å². The Morgan fingerprint density at radius 1 is 1.21 bits per heavy atom. The molecule has 1 N–H and O–H groups in total. The minimum atomic E-state index is -3.44. The zero-order valence-electron chi connectivity index (χ0n) is 11.3. The lowest BCUT2D eigenvalue weighted by Gasteiger charge is -2.32. The molecule has 0 spiro atoms. The van der Waals surface area contributed by atoms with Crippen LogP contribution in [0.25, 0.3) is 0 Å². The summed E-state index contributed by atoms with van der Waals surface area (Å²) < 4.78 is 28.3. The Morgan fingerprint density at radius 3 is 2.53 bits per heavy atom. The van der Waals surface area contributed by atoms with E-state index in [4.69, 9.17) is 0 Å². The molecule has 1 saturated carbocycles. The van der Waals surface area contributed by atoms with E-state index in [0.717, 1.165) is 19.3 Å². The largest absolute Gasteiger partial charge is 0.241 e. The van der Waals surface area contributed by atoms with Gasteiger partial charge in [0.1, 0.15) is 0 Å². The van der Waals surface area contributed by atoms with Gasteiger partial charge in [0.25, 0.3) is 0 Å². The van der Waals surface area contributed by atoms with Gasteiger partial charge in [0.15, 0.2) is 0 Å². The Hall–Kier alpha value is -0.390. The van der Waals surface area contributed by atoms with E-state index >= 15 is 0 Å². The highest BCUT2D eigenvalue weighted by atomic mass is 79.9. The fourth-order valence-corrected chi connectivity index (χ4v) is 5.15. The lowest BCUT2D eigenvalue weighted by molar-refractivity contribution is 0.249. The minimum Gasteiger partial charge on any atom is -0.208 e. The first kappa shape index (κ1) is 15.0. The molecule has 0 radical (unpaired) electrons. The van der Waals surface area contributed by atoms with Gasteiger partial charge in [-0.05, 0) is 59.2 Å². The summed E-state index contributed by atoms with van der Waals surface area (Å²) in [6, 6.07) is 6.98. The van der Waals surface area contributed by atoms with Crippen molar-refractivity contribution in [2.24, 2.45) is 11.8 Å². The van der Waals surface area contributed by atoms with Crippen molar-refractivity contribution in [1.82, 2.24) is 4.72 Å². The Bertz CT molecular complexity index is 544. The van der Waals surface area contributed by atoms with Crippen molar-refractivity contribution in [1.29, 1.82) is 0 Å². The molecule has 3 nitrogen and oxygen atoms in total. The van der Waals surface area contributed by atoms with Crippen LogP contribution in [0.1, 0.15) is 33.1 Å². The lowest BCUT2D eigenvalue weighted by Crippen LogP contribution is -2.42. The van der Waals surface area contributed by atoms with Crippen LogP contribution >= 0.6 is 15.9 Å². The first-order chi connectivity index (χ1) is 8.90. The maximum Gasteiger partial charge on any atom is 0.241 e. The molecular formula is C14H20BrNO2S. The van der Waals surface area contributed by atoms with Crippen molar-refractivity contribution in [2.75, 3.05) is 0 Å². The second kappa shape index (κ2) is 5.94. The Balaban J connectivity index is 2.16. The molecule has 19 heavy (non-hydrogen) atoms.